The number of fused-ring (bicyclic) bond motifs is 2. The minimum atomic E-state index is -0.432. The van der Waals surface area contributed by atoms with Crippen molar-refractivity contribution in [1.29, 1.82) is 0 Å². The third-order valence-corrected chi connectivity index (χ3v) is 4.59. The molecule has 2 aliphatic heterocycles. The van der Waals surface area contributed by atoms with Crippen LogP contribution in [0.4, 0.5) is 0 Å². The first-order valence-corrected chi connectivity index (χ1v) is 8.65. The van der Waals surface area contributed by atoms with Gasteiger partial charge in [0.15, 0.2) is 23.0 Å². The van der Waals surface area contributed by atoms with Gasteiger partial charge in [-0.05, 0) is 30.3 Å². The summed E-state index contributed by atoms with van der Waals surface area (Å²) < 4.78 is 28.2. The molecule has 2 aromatic rings. The highest BCUT2D eigenvalue weighted by Gasteiger charge is 2.18. The van der Waals surface area contributed by atoms with E-state index < -0.39 is 5.97 Å². The number of hydrogen-bond acceptors (Lipinski definition) is 6. The van der Waals surface area contributed by atoms with Crippen molar-refractivity contribution in [3.8, 4) is 23.0 Å². The second-order valence-electron chi connectivity index (χ2n) is 5.52. The lowest BCUT2D eigenvalue weighted by molar-refractivity contribution is 0.0470. The van der Waals surface area contributed by atoms with Crippen molar-refractivity contribution in [2.24, 2.45) is 0 Å². The lowest BCUT2D eigenvalue weighted by atomic mass is 10.2. The Morgan fingerprint density at radius 2 is 1.48 bits per heavy atom. The average Bonchev–Trinajstić information content (AvgIpc) is 2.65. The van der Waals surface area contributed by atoms with Crippen LogP contribution in [-0.2, 0) is 11.3 Å². The molecule has 0 unspecified atom stereocenters. The van der Waals surface area contributed by atoms with Crippen molar-refractivity contribution in [2.75, 3.05) is 26.4 Å². The zero-order chi connectivity index (χ0) is 17.2. The molecule has 0 saturated heterocycles. The molecule has 0 saturated carbocycles. The van der Waals surface area contributed by atoms with Crippen LogP contribution in [-0.4, -0.2) is 32.4 Å². The van der Waals surface area contributed by atoms with Gasteiger partial charge in [0.05, 0.1) is 5.56 Å². The minimum Gasteiger partial charge on any atom is -0.486 e. The van der Waals surface area contributed by atoms with E-state index in [0.29, 0.717) is 55.0 Å². The van der Waals surface area contributed by atoms with Crippen LogP contribution in [0.25, 0.3) is 0 Å². The molecule has 0 aromatic heterocycles. The van der Waals surface area contributed by atoms with Gasteiger partial charge >= 0.3 is 5.97 Å². The normalized spacial score (nSPS) is 14.8. The molecule has 6 nitrogen and oxygen atoms in total. The van der Waals surface area contributed by atoms with Crippen molar-refractivity contribution in [1.82, 2.24) is 0 Å². The van der Waals surface area contributed by atoms with Gasteiger partial charge in [-0.15, -0.1) is 0 Å². The summed E-state index contributed by atoms with van der Waals surface area (Å²) in [6, 6.07) is 8.65. The van der Waals surface area contributed by atoms with E-state index >= 15 is 0 Å². The molecule has 0 bridgehead atoms. The number of benzene rings is 2. The fraction of sp³-hybridized carbons (Fsp3) is 0.278. The maximum Gasteiger partial charge on any atom is 0.338 e. The van der Waals surface area contributed by atoms with E-state index in [0.717, 1.165) is 10.0 Å². The lowest BCUT2D eigenvalue weighted by Gasteiger charge is -2.20. The van der Waals surface area contributed by atoms with Gasteiger partial charge in [0.25, 0.3) is 0 Å². The Hall–Kier alpha value is -2.41. The Bertz CT molecular complexity index is 819. The van der Waals surface area contributed by atoms with Crippen LogP contribution >= 0.6 is 15.9 Å². The number of rotatable bonds is 3. The fourth-order valence-electron chi connectivity index (χ4n) is 2.61. The van der Waals surface area contributed by atoms with Gasteiger partial charge in [-0.2, -0.15) is 0 Å². The molecule has 7 heteroatoms. The number of ether oxygens (including phenoxy) is 5. The van der Waals surface area contributed by atoms with Crippen molar-refractivity contribution >= 4 is 21.9 Å². The first kappa shape index (κ1) is 16.1. The fourth-order valence-corrected chi connectivity index (χ4v) is 3.05. The summed E-state index contributed by atoms with van der Waals surface area (Å²) in [7, 11) is 0. The number of halogens is 1. The van der Waals surface area contributed by atoms with Crippen LogP contribution in [0.1, 0.15) is 15.9 Å². The van der Waals surface area contributed by atoms with Crippen LogP contribution in [0.3, 0.4) is 0 Å². The molecule has 25 heavy (non-hydrogen) atoms. The van der Waals surface area contributed by atoms with E-state index in [2.05, 4.69) is 15.9 Å². The molecular formula is C18H15BrO6. The summed E-state index contributed by atoms with van der Waals surface area (Å²) in [5.74, 6) is 2.09. The summed E-state index contributed by atoms with van der Waals surface area (Å²) in [5, 5.41) is 0. The molecule has 4 rings (SSSR count). The van der Waals surface area contributed by atoms with Gasteiger partial charge in [-0.1, -0.05) is 15.9 Å². The van der Waals surface area contributed by atoms with E-state index in [1.165, 1.54) is 0 Å². The molecule has 2 heterocycles. The van der Waals surface area contributed by atoms with Gasteiger partial charge in [0, 0.05) is 10.0 Å². The molecule has 130 valence electrons. The monoisotopic (exact) mass is 406 g/mol. The van der Waals surface area contributed by atoms with Gasteiger partial charge in [-0.25, -0.2) is 4.79 Å². The van der Waals surface area contributed by atoms with Gasteiger partial charge in [0.1, 0.15) is 33.0 Å². The largest absolute Gasteiger partial charge is 0.486 e. The molecule has 0 aliphatic carbocycles. The van der Waals surface area contributed by atoms with Gasteiger partial charge in [-0.3, -0.25) is 0 Å². The van der Waals surface area contributed by atoms with Crippen LogP contribution in [0.5, 0.6) is 23.0 Å². The highest BCUT2D eigenvalue weighted by Crippen LogP contribution is 2.36. The van der Waals surface area contributed by atoms with Crippen LogP contribution in [0.15, 0.2) is 34.8 Å². The number of hydrogen-bond donors (Lipinski definition) is 0. The van der Waals surface area contributed by atoms with Crippen molar-refractivity contribution in [3.05, 3.63) is 45.9 Å². The lowest BCUT2D eigenvalue weighted by Crippen LogP contribution is -2.16. The average molecular weight is 407 g/mol. The summed E-state index contributed by atoms with van der Waals surface area (Å²) in [6.07, 6.45) is 0. The summed E-state index contributed by atoms with van der Waals surface area (Å²) >= 11 is 3.47. The first-order valence-electron chi connectivity index (χ1n) is 7.85. The second-order valence-corrected chi connectivity index (χ2v) is 6.38. The van der Waals surface area contributed by atoms with Crippen molar-refractivity contribution in [3.63, 3.8) is 0 Å². The SMILES string of the molecule is O=C(OCc1cc2c(cc1Br)OCCO2)c1ccc2c(c1)OCCO2. The summed E-state index contributed by atoms with van der Waals surface area (Å²) in [6.45, 7) is 2.12. The van der Waals surface area contributed by atoms with Gasteiger partial charge < -0.3 is 23.7 Å². The standard InChI is InChI=1S/C18H15BrO6/c19-13-9-17-16(23-5-6-24-17)8-12(13)10-25-18(20)11-1-2-14-15(7-11)22-4-3-21-14/h1-2,7-9H,3-6,10H2. The van der Waals surface area contributed by atoms with E-state index in [1.54, 1.807) is 18.2 Å². The van der Waals surface area contributed by atoms with Gasteiger partial charge in [0.2, 0.25) is 0 Å². The Morgan fingerprint density at radius 1 is 0.880 bits per heavy atom. The Labute approximate surface area is 152 Å². The number of carbonyl (C=O) groups excluding carboxylic acids is 1. The summed E-state index contributed by atoms with van der Waals surface area (Å²) in [5.41, 5.74) is 1.22. The van der Waals surface area contributed by atoms with E-state index in [4.69, 9.17) is 23.7 Å². The topological polar surface area (TPSA) is 63.2 Å². The highest BCUT2D eigenvalue weighted by molar-refractivity contribution is 9.10. The molecule has 0 radical (unpaired) electrons. The van der Waals surface area contributed by atoms with Crippen molar-refractivity contribution in [2.45, 2.75) is 6.61 Å². The Balaban J connectivity index is 1.47. The molecule has 2 aromatic carbocycles. The predicted molar refractivity (Wildman–Crippen MR) is 91.7 cm³/mol. The van der Waals surface area contributed by atoms with Crippen LogP contribution in [0.2, 0.25) is 0 Å². The molecule has 0 N–H and O–H groups in total. The zero-order valence-electron chi connectivity index (χ0n) is 13.2. The van der Waals surface area contributed by atoms with Crippen LogP contribution in [0, 0.1) is 0 Å². The second kappa shape index (κ2) is 6.84. The van der Waals surface area contributed by atoms with Crippen molar-refractivity contribution < 1.29 is 28.5 Å². The van der Waals surface area contributed by atoms with E-state index in [9.17, 15) is 4.79 Å². The Kier molecular flexibility index (Phi) is 4.40. The molecular weight excluding hydrogens is 392 g/mol. The first-order chi connectivity index (χ1) is 12.2. The smallest absolute Gasteiger partial charge is 0.338 e. The molecule has 0 amide bonds. The predicted octanol–water partition coefficient (Wildman–Crippen LogP) is 3.35. The molecule has 2 aliphatic rings. The Morgan fingerprint density at radius 3 is 2.20 bits per heavy atom. The summed E-state index contributed by atoms with van der Waals surface area (Å²) in [4.78, 5) is 12.3. The zero-order valence-corrected chi connectivity index (χ0v) is 14.8. The quantitative estimate of drug-likeness (QED) is 0.728. The third-order valence-electron chi connectivity index (χ3n) is 3.85. The van der Waals surface area contributed by atoms with Crippen LogP contribution < -0.4 is 18.9 Å². The molecule has 0 atom stereocenters. The third kappa shape index (κ3) is 3.37. The van der Waals surface area contributed by atoms with E-state index in [1.807, 2.05) is 12.1 Å². The minimum absolute atomic E-state index is 0.116. The highest BCUT2D eigenvalue weighted by atomic mass is 79.9. The molecule has 0 fully saturated rings. The molecule has 0 spiro atoms. The maximum atomic E-state index is 12.3. The van der Waals surface area contributed by atoms with E-state index in [-0.39, 0.29) is 6.61 Å². The number of esters is 1. The number of carbonyl (C=O) groups is 1. The maximum absolute atomic E-state index is 12.3.